The molecule has 22 heavy (non-hydrogen) atoms. The van der Waals surface area contributed by atoms with Crippen LogP contribution in [0.4, 0.5) is 0 Å². The summed E-state index contributed by atoms with van der Waals surface area (Å²) in [7, 11) is 1.68. The lowest BCUT2D eigenvalue weighted by molar-refractivity contribution is 0.179. The quantitative estimate of drug-likeness (QED) is 0.595. The molecule has 0 amide bonds. The zero-order valence-electron chi connectivity index (χ0n) is 13.7. The maximum Gasteiger partial charge on any atom is 0.188 e. The molecule has 0 aromatic heterocycles. The van der Waals surface area contributed by atoms with Crippen LogP contribution in [0.5, 0.6) is 0 Å². The second-order valence-electron chi connectivity index (χ2n) is 5.90. The Balaban J connectivity index is 2.00. The molecular weight excluding hydrogens is 276 g/mol. The molecule has 1 aliphatic heterocycles. The second kappa shape index (κ2) is 8.76. The van der Waals surface area contributed by atoms with Gasteiger partial charge in [0, 0.05) is 13.2 Å². The molecule has 5 heteroatoms. The van der Waals surface area contributed by atoms with Gasteiger partial charge in [0.1, 0.15) is 0 Å². The molecule has 2 atom stereocenters. The van der Waals surface area contributed by atoms with Crippen LogP contribution in [0.2, 0.25) is 0 Å². The molecular formula is C17H28N4O. The van der Waals surface area contributed by atoms with E-state index in [1.807, 2.05) is 6.92 Å². The van der Waals surface area contributed by atoms with Gasteiger partial charge in [-0.2, -0.15) is 0 Å². The predicted octanol–water partition coefficient (Wildman–Crippen LogP) is 1.76. The number of nitrogens with two attached hydrogens (primary N) is 1. The van der Waals surface area contributed by atoms with E-state index in [0.717, 1.165) is 13.1 Å². The minimum Gasteiger partial charge on any atom is -0.383 e. The van der Waals surface area contributed by atoms with Crippen LogP contribution < -0.4 is 11.1 Å². The number of methoxy groups -OCH3 is 1. The summed E-state index contributed by atoms with van der Waals surface area (Å²) in [6.07, 6.45) is 2.54. The average Bonchev–Trinajstić information content (AvgIpc) is 3.03. The number of benzene rings is 1. The van der Waals surface area contributed by atoms with Gasteiger partial charge < -0.3 is 15.8 Å². The molecule has 0 bridgehead atoms. The Morgan fingerprint density at radius 1 is 1.32 bits per heavy atom. The van der Waals surface area contributed by atoms with Crippen molar-refractivity contribution in [2.45, 2.75) is 31.8 Å². The Kier molecular flexibility index (Phi) is 6.68. The van der Waals surface area contributed by atoms with Gasteiger partial charge in [0.2, 0.25) is 0 Å². The Bertz CT molecular complexity index is 457. The normalized spacial score (nSPS) is 19.1. The molecule has 2 unspecified atom stereocenters. The Morgan fingerprint density at radius 3 is 2.64 bits per heavy atom. The van der Waals surface area contributed by atoms with E-state index in [1.54, 1.807) is 7.11 Å². The Hall–Kier alpha value is -1.59. The van der Waals surface area contributed by atoms with Gasteiger partial charge in [0.25, 0.3) is 0 Å². The fraction of sp³-hybridized carbons (Fsp3) is 0.588. The van der Waals surface area contributed by atoms with E-state index >= 15 is 0 Å². The number of nitrogens with one attached hydrogen (secondary N) is 1. The number of nitrogens with zero attached hydrogens (tertiary/aromatic N) is 2. The number of guanidine groups is 1. The van der Waals surface area contributed by atoms with Crippen molar-refractivity contribution in [3.63, 3.8) is 0 Å². The summed E-state index contributed by atoms with van der Waals surface area (Å²) in [5, 5.41) is 3.16. The van der Waals surface area contributed by atoms with Gasteiger partial charge >= 0.3 is 0 Å². The zero-order valence-corrected chi connectivity index (χ0v) is 13.7. The number of hydrogen-bond donors (Lipinski definition) is 2. The molecule has 0 aliphatic carbocycles. The van der Waals surface area contributed by atoms with Crippen molar-refractivity contribution in [1.82, 2.24) is 10.2 Å². The van der Waals surface area contributed by atoms with Crippen LogP contribution in [-0.2, 0) is 4.74 Å². The van der Waals surface area contributed by atoms with Gasteiger partial charge in [-0.1, -0.05) is 30.3 Å². The third-order valence-corrected chi connectivity index (χ3v) is 4.01. The molecule has 1 fully saturated rings. The van der Waals surface area contributed by atoms with Gasteiger partial charge in [0.15, 0.2) is 5.96 Å². The third kappa shape index (κ3) is 5.00. The second-order valence-corrected chi connectivity index (χ2v) is 5.90. The van der Waals surface area contributed by atoms with E-state index in [-0.39, 0.29) is 6.04 Å². The highest BCUT2D eigenvalue weighted by atomic mass is 16.5. The molecule has 1 aromatic carbocycles. The van der Waals surface area contributed by atoms with Crippen LogP contribution >= 0.6 is 0 Å². The standard InChI is InChI=1S/C17H28N4O/c1-14(13-22-2)20-17(18)19-12-16(21-10-6-7-11-21)15-8-4-3-5-9-15/h3-5,8-9,14,16H,6-7,10-13H2,1-2H3,(H3,18,19,20). The third-order valence-electron chi connectivity index (χ3n) is 4.01. The van der Waals surface area contributed by atoms with E-state index in [4.69, 9.17) is 10.5 Å². The van der Waals surface area contributed by atoms with Gasteiger partial charge in [-0.3, -0.25) is 9.89 Å². The summed E-state index contributed by atoms with van der Waals surface area (Å²) >= 11 is 0. The monoisotopic (exact) mass is 304 g/mol. The summed E-state index contributed by atoms with van der Waals surface area (Å²) in [5.74, 6) is 0.490. The minimum absolute atomic E-state index is 0.163. The highest BCUT2D eigenvalue weighted by molar-refractivity contribution is 5.78. The summed E-state index contributed by atoms with van der Waals surface area (Å²) < 4.78 is 5.10. The Labute approximate surface area is 133 Å². The molecule has 1 aliphatic rings. The van der Waals surface area contributed by atoms with E-state index in [0.29, 0.717) is 25.2 Å². The van der Waals surface area contributed by atoms with Crippen LogP contribution in [0.1, 0.15) is 31.4 Å². The van der Waals surface area contributed by atoms with Crippen LogP contribution in [0.15, 0.2) is 35.3 Å². The van der Waals surface area contributed by atoms with Crippen LogP contribution in [0, 0.1) is 0 Å². The summed E-state index contributed by atoms with van der Waals surface area (Å²) in [6, 6.07) is 11.0. The lowest BCUT2D eigenvalue weighted by atomic mass is 10.1. The number of hydrogen-bond acceptors (Lipinski definition) is 3. The first-order valence-corrected chi connectivity index (χ1v) is 8.05. The Morgan fingerprint density at radius 2 is 2.00 bits per heavy atom. The molecule has 122 valence electrons. The fourth-order valence-corrected chi connectivity index (χ4v) is 2.93. The first-order valence-electron chi connectivity index (χ1n) is 8.05. The molecule has 1 heterocycles. The smallest absolute Gasteiger partial charge is 0.188 e. The van der Waals surface area contributed by atoms with E-state index in [1.165, 1.54) is 18.4 Å². The SMILES string of the molecule is COCC(C)NC(N)=NCC(c1ccccc1)N1CCCC1. The van der Waals surface area contributed by atoms with E-state index in [9.17, 15) is 0 Å². The molecule has 1 aromatic rings. The van der Waals surface area contributed by atoms with Gasteiger partial charge in [0.05, 0.1) is 19.2 Å². The highest BCUT2D eigenvalue weighted by Gasteiger charge is 2.23. The topological polar surface area (TPSA) is 62.9 Å². The molecule has 0 saturated carbocycles. The number of aliphatic imine (C=N–C) groups is 1. The van der Waals surface area contributed by atoms with Gasteiger partial charge in [-0.05, 0) is 38.4 Å². The number of rotatable bonds is 7. The highest BCUT2D eigenvalue weighted by Crippen LogP contribution is 2.25. The van der Waals surface area contributed by atoms with Crippen molar-refractivity contribution in [3.05, 3.63) is 35.9 Å². The molecule has 1 saturated heterocycles. The summed E-state index contributed by atoms with van der Waals surface area (Å²) in [4.78, 5) is 7.06. The summed E-state index contributed by atoms with van der Waals surface area (Å²) in [5.41, 5.74) is 7.31. The van der Waals surface area contributed by atoms with Crippen molar-refractivity contribution < 1.29 is 4.74 Å². The van der Waals surface area contributed by atoms with Crippen molar-refractivity contribution in [3.8, 4) is 0 Å². The van der Waals surface area contributed by atoms with Gasteiger partial charge in [-0.15, -0.1) is 0 Å². The molecule has 2 rings (SSSR count). The maximum atomic E-state index is 5.99. The lowest BCUT2D eigenvalue weighted by Crippen LogP contribution is -2.41. The van der Waals surface area contributed by atoms with Crippen LogP contribution in [-0.4, -0.2) is 50.3 Å². The lowest BCUT2D eigenvalue weighted by Gasteiger charge is -2.26. The predicted molar refractivity (Wildman–Crippen MR) is 91.0 cm³/mol. The zero-order chi connectivity index (χ0) is 15.8. The van der Waals surface area contributed by atoms with Crippen molar-refractivity contribution in [2.75, 3.05) is 33.4 Å². The molecule has 5 nitrogen and oxygen atoms in total. The maximum absolute atomic E-state index is 5.99. The largest absolute Gasteiger partial charge is 0.383 e. The van der Waals surface area contributed by atoms with Gasteiger partial charge in [-0.25, -0.2) is 0 Å². The van der Waals surface area contributed by atoms with Crippen molar-refractivity contribution in [2.24, 2.45) is 10.7 Å². The van der Waals surface area contributed by atoms with E-state index in [2.05, 4.69) is 45.5 Å². The minimum atomic E-state index is 0.163. The molecule has 0 spiro atoms. The molecule has 3 N–H and O–H groups in total. The van der Waals surface area contributed by atoms with Crippen LogP contribution in [0.3, 0.4) is 0 Å². The fourth-order valence-electron chi connectivity index (χ4n) is 2.93. The van der Waals surface area contributed by atoms with Crippen molar-refractivity contribution >= 4 is 5.96 Å². The van der Waals surface area contributed by atoms with E-state index < -0.39 is 0 Å². The number of ether oxygens (including phenoxy) is 1. The summed E-state index contributed by atoms with van der Waals surface area (Å²) in [6.45, 7) is 5.61. The van der Waals surface area contributed by atoms with Crippen molar-refractivity contribution in [1.29, 1.82) is 0 Å². The average molecular weight is 304 g/mol. The first-order chi connectivity index (χ1) is 10.7. The first kappa shape index (κ1) is 16.8. The van der Waals surface area contributed by atoms with Crippen LogP contribution in [0.25, 0.3) is 0 Å². The number of likely N-dealkylation sites (tertiary alicyclic amines) is 1. The molecule has 0 radical (unpaired) electrons.